The molecule has 0 saturated heterocycles. The van der Waals surface area contributed by atoms with Crippen molar-refractivity contribution in [2.75, 3.05) is 0 Å². The molecule has 0 spiro atoms. The van der Waals surface area contributed by atoms with Gasteiger partial charge in [0.05, 0.1) is 11.7 Å². The van der Waals surface area contributed by atoms with Crippen LogP contribution in [-0.4, -0.2) is 27.5 Å². The maximum atomic E-state index is 11.0. The Balaban J connectivity index is 2.17. The van der Waals surface area contributed by atoms with Gasteiger partial charge >= 0.3 is 5.97 Å². The molecular weight excluding hydrogens is 224 g/mol. The van der Waals surface area contributed by atoms with E-state index < -0.39 is 5.97 Å². The summed E-state index contributed by atoms with van der Waals surface area (Å²) in [5, 5.41) is 18.9. The molecule has 2 rings (SSSR count). The number of hydrogen-bond acceptors (Lipinski definition) is 3. The van der Waals surface area contributed by atoms with E-state index in [2.05, 4.69) is 0 Å². The number of carboxylic acid groups (broad SMARTS) is 1. The molecule has 0 radical (unpaired) electrons. The van der Waals surface area contributed by atoms with Crippen LogP contribution in [0.2, 0.25) is 0 Å². The van der Waals surface area contributed by atoms with Crippen molar-refractivity contribution in [1.82, 2.24) is 0 Å². The summed E-state index contributed by atoms with van der Waals surface area (Å²) in [7, 11) is 0. The van der Waals surface area contributed by atoms with Gasteiger partial charge in [0.2, 0.25) is 0 Å². The third-order valence-electron chi connectivity index (χ3n) is 2.81. The van der Waals surface area contributed by atoms with E-state index in [4.69, 9.17) is 5.11 Å². The molecule has 16 heavy (non-hydrogen) atoms. The van der Waals surface area contributed by atoms with Gasteiger partial charge in [0.25, 0.3) is 0 Å². The molecule has 3 nitrogen and oxygen atoms in total. The van der Waals surface area contributed by atoms with Gasteiger partial charge in [0.15, 0.2) is 0 Å². The van der Waals surface area contributed by atoms with E-state index in [0.29, 0.717) is 5.56 Å². The van der Waals surface area contributed by atoms with Crippen molar-refractivity contribution >= 4 is 17.7 Å². The van der Waals surface area contributed by atoms with E-state index in [1.807, 2.05) is 6.07 Å². The number of aromatic carboxylic acids is 1. The standard InChI is InChI=1S/C12H14O3S/c13-9-5-3-7-11(9)16-10-6-2-1-4-8(10)12(14)15/h1-2,4,6,9,11,13H,3,5,7H2,(H,14,15). The first kappa shape index (κ1) is 11.5. The molecule has 0 bridgehead atoms. The Morgan fingerprint density at radius 2 is 2.06 bits per heavy atom. The van der Waals surface area contributed by atoms with E-state index >= 15 is 0 Å². The largest absolute Gasteiger partial charge is 0.478 e. The van der Waals surface area contributed by atoms with Gasteiger partial charge < -0.3 is 10.2 Å². The second kappa shape index (κ2) is 4.89. The lowest BCUT2D eigenvalue weighted by Gasteiger charge is -2.14. The van der Waals surface area contributed by atoms with Crippen molar-refractivity contribution < 1.29 is 15.0 Å². The number of carboxylic acids is 1. The number of aliphatic hydroxyl groups excluding tert-OH is 1. The average Bonchev–Trinajstić information content (AvgIpc) is 2.65. The molecule has 1 aromatic rings. The van der Waals surface area contributed by atoms with Crippen molar-refractivity contribution in [2.45, 2.75) is 35.5 Å². The van der Waals surface area contributed by atoms with Gasteiger partial charge in [-0.1, -0.05) is 12.1 Å². The van der Waals surface area contributed by atoms with Gasteiger partial charge in [-0.25, -0.2) is 4.79 Å². The number of aliphatic hydroxyl groups is 1. The first-order valence-electron chi connectivity index (χ1n) is 5.35. The highest BCUT2D eigenvalue weighted by Gasteiger charge is 2.27. The second-order valence-electron chi connectivity index (χ2n) is 3.96. The predicted molar refractivity (Wildman–Crippen MR) is 62.9 cm³/mol. The van der Waals surface area contributed by atoms with Gasteiger partial charge in [-0.05, 0) is 31.4 Å². The molecule has 2 unspecified atom stereocenters. The van der Waals surface area contributed by atoms with Crippen molar-refractivity contribution in [3.8, 4) is 0 Å². The molecule has 86 valence electrons. The molecule has 1 aliphatic carbocycles. The molecule has 0 amide bonds. The van der Waals surface area contributed by atoms with Crippen LogP contribution >= 0.6 is 11.8 Å². The van der Waals surface area contributed by atoms with Crippen LogP contribution in [0.4, 0.5) is 0 Å². The highest BCUT2D eigenvalue weighted by atomic mass is 32.2. The van der Waals surface area contributed by atoms with Crippen LogP contribution in [-0.2, 0) is 0 Å². The summed E-state index contributed by atoms with van der Waals surface area (Å²) in [5.74, 6) is -0.907. The second-order valence-corrected chi connectivity index (χ2v) is 5.24. The SMILES string of the molecule is O=C(O)c1ccccc1SC1CCCC1O. The van der Waals surface area contributed by atoms with Crippen LogP contribution in [0.25, 0.3) is 0 Å². The molecule has 2 N–H and O–H groups in total. The number of rotatable bonds is 3. The van der Waals surface area contributed by atoms with E-state index in [0.717, 1.165) is 24.2 Å². The van der Waals surface area contributed by atoms with Gasteiger partial charge in [0.1, 0.15) is 0 Å². The molecule has 0 aromatic heterocycles. The molecule has 1 aliphatic rings. The van der Waals surface area contributed by atoms with Crippen molar-refractivity contribution in [3.63, 3.8) is 0 Å². The van der Waals surface area contributed by atoms with Crippen LogP contribution in [0.3, 0.4) is 0 Å². The molecule has 0 heterocycles. The molecule has 1 aromatic carbocycles. The van der Waals surface area contributed by atoms with Crippen molar-refractivity contribution in [1.29, 1.82) is 0 Å². The summed E-state index contributed by atoms with van der Waals surface area (Å²) in [6.07, 6.45) is 2.51. The predicted octanol–water partition coefficient (Wildman–Crippen LogP) is 2.39. The number of thioether (sulfide) groups is 1. The summed E-state index contributed by atoms with van der Waals surface area (Å²) in [6, 6.07) is 6.96. The summed E-state index contributed by atoms with van der Waals surface area (Å²) < 4.78 is 0. The number of carbonyl (C=O) groups is 1. The lowest BCUT2D eigenvalue weighted by molar-refractivity contribution is 0.0693. The van der Waals surface area contributed by atoms with Crippen LogP contribution < -0.4 is 0 Å². The fraction of sp³-hybridized carbons (Fsp3) is 0.417. The van der Waals surface area contributed by atoms with Gasteiger partial charge in [0, 0.05) is 10.1 Å². The molecule has 2 atom stereocenters. The molecular formula is C12H14O3S. The zero-order chi connectivity index (χ0) is 11.5. The average molecular weight is 238 g/mol. The number of hydrogen-bond donors (Lipinski definition) is 2. The van der Waals surface area contributed by atoms with Gasteiger partial charge in [-0.3, -0.25) is 0 Å². The Hall–Kier alpha value is -1.00. The molecule has 1 saturated carbocycles. The zero-order valence-corrected chi connectivity index (χ0v) is 9.61. The summed E-state index contributed by atoms with van der Waals surface area (Å²) in [6.45, 7) is 0. The first-order chi connectivity index (χ1) is 7.68. The van der Waals surface area contributed by atoms with Gasteiger partial charge in [-0.15, -0.1) is 11.8 Å². The van der Waals surface area contributed by atoms with E-state index in [1.165, 1.54) is 11.8 Å². The maximum absolute atomic E-state index is 11.0. The van der Waals surface area contributed by atoms with Crippen molar-refractivity contribution in [2.24, 2.45) is 0 Å². The first-order valence-corrected chi connectivity index (χ1v) is 6.23. The fourth-order valence-corrected chi connectivity index (χ4v) is 3.30. The highest BCUT2D eigenvalue weighted by molar-refractivity contribution is 8.00. The van der Waals surface area contributed by atoms with Crippen LogP contribution in [0.5, 0.6) is 0 Å². The van der Waals surface area contributed by atoms with E-state index in [1.54, 1.807) is 18.2 Å². The molecule has 1 fully saturated rings. The fourth-order valence-electron chi connectivity index (χ4n) is 1.95. The zero-order valence-electron chi connectivity index (χ0n) is 8.80. The Kier molecular flexibility index (Phi) is 3.51. The minimum atomic E-state index is -0.907. The monoisotopic (exact) mass is 238 g/mol. The minimum absolute atomic E-state index is 0.139. The highest BCUT2D eigenvalue weighted by Crippen LogP contribution is 2.36. The maximum Gasteiger partial charge on any atom is 0.336 e. The molecule has 0 aliphatic heterocycles. The van der Waals surface area contributed by atoms with Crippen LogP contribution in [0.15, 0.2) is 29.2 Å². The van der Waals surface area contributed by atoms with Gasteiger partial charge in [-0.2, -0.15) is 0 Å². The summed E-state index contributed by atoms with van der Waals surface area (Å²) in [4.78, 5) is 11.8. The van der Waals surface area contributed by atoms with E-state index in [9.17, 15) is 9.90 Å². The third kappa shape index (κ3) is 2.39. The summed E-state index contributed by atoms with van der Waals surface area (Å²) in [5.41, 5.74) is 0.326. The third-order valence-corrected chi connectivity index (χ3v) is 4.28. The Labute approximate surface area is 98.5 Å². The van der Waals surface area contributed by atoms with Crippen LogP contribution in [0.1, 0.15) is 29.6 Å². The lowest BCUT2D eigenvalue weighted by atomic mass is 10.2. The number of benzene rings is 1. The van der Waals surface area contributed by atoms with Crippen LogP contribution in [0, 0.1) is 0 Å². The quantitative estimate of drug-likeness (QED) is 0.849. The topological polar surface area (TPSA) is 57.5 Å². The minimum Gasteiger partial charge on any atom is -0.478 e. The Morgan fingerprint density at radius 3 is 2.69 bits per heavy atom. The molecule has 4 heteroatoms. The Morgan fingerprint density at radius 1 is 1.31 bits per heavy atom. The normalized spacial score (nSPS) is 24.6. The van der Waals surface area contributed by atoms with Crippen molar-refractivity contribution in [3.05, 3.63) is 29.8 Å². The summed E-state index contributed by atoms with van der Waals surface area (Å²) >= 11 is 1.48. The Bertz CT molecular complexity index is 392. The van der Waals surface area contributed by atoms with E-state index in [-0.39, 0.29) is 11.4 Å². The lowest BCUT2D eigenvalue weighted by Crippen LogP contribution is -2.15. The smallest absolute Gasteiger partial charge is 0.336 e.